The standard InChI is InChI=1S/C18H30/c1-16(2,3)13-8-9-14-15(12-13)18(6,7)11-10-17(14,4)5/h8-9,12,14-15H,10-11H2,1-7H3. The van der Waals surface area contributed by atoms with Crippen LogP contribution in [0, 0.1) is 28.1 Å². The molecule has 1 saturated carbocycles. The van der Waals surface area contributed by atoms with Gasteiger partial charge in [-0.05, 0) is 46.5 Å². The Morgan fingerprint density at radius 3 is 1.94 bits per heavy atom. The molecule has 2 unspecified atom stereocenters. The van der Waals surface area contributed by atoms with Crippen molar-refractivity contribution >= 4 is 0 Å². The average molecular weight is 246 g/mol. The SMILES string of the molecule is CC(C)(C)C1=CC2C(C=C1)C(C)(C)CCC2(C)C. The molecule has 102 valence electrons. The van der Waals surface area contributed by atoms with Gasteiger partial charge in [-0.2, -0.15) is 0 Å². The topological polar surface area (TPSA) is 0 Å². The summed E-state index contributed by atoms with van der Waals surface area (Å²) in [7, 11) is 0. The summed E-state index contributed by atoms with van der Waals surface area (Å²) in [5, 5.41) is 0. The Bertz CT molecular complexity index is 385. The lowest BCUT2D eigenvalue weighted by Crippen LogP contribution is -2.43. The van der Waals surface area contributed by atoms with Crippen molar-refractivity contribution in [2.24, 2.45) is 28.1 Å². The molecule has 0 aromatic heterocycles. The van der Waals surface area contributed by atoms with Crippen LogP contribution in [0.1, 0.15) is 61.3 Å². The Kier molecular flexibility index (Phi) is 3.08. The molecule has 0 aromatic carbocycles. The van der Waals surface area contributed by atoms with Crippen molar-refractivity contribution in [3.8, 4) is 0 Å². The Morgan fingerprint density at radius 2 is 1.44 bits per heavy atom. The third kappa shape index (κ3) is 2.31. The Hall–Kier alpha value is -0.520. The second-order valence-electron chi connectivity index (χ2n) is 8.76. The van der Waals surface area contributed by atoms with Crippen LogP contribution in [0.15, 0.2) is 23.8 Å². The zero-order valence-electron chi connectivity index (χ0n) is 13.3. The van der Waals surface area contributed by atoms with Gasteiger partial charge in [-0.25, -0.2) is 0 Å². The molecule has 0 aromatic rings. The molecule has 18 heavy (non-hydrogen) atoms. The van der Waals surface area contributed by atoms with Gasteiger partial charge >= 0.3 is 0 Å². The lowest BCUT2D eigenvalue weighted by atomic mass is 9.53. The molecule has 0 bridgehead atoms. The van der Waals surface area contributed by atoms with Crippen LogP contribution < -0.4 is 0 Å². The van der Waals surface area contributed by atoms with Gasteiger partial charge in [0.1, 0.15) is 0 Å². The van der Waals surface area contributed by atoms with Crippen LogP contribution in [0.5, 0.6) is 0 Å². The van der Waals surface area contributed by atoms with E-state index in [0.29, 0.717) is 22.7 Å². The molecule has 2 aliphatic carbocycles. The molecular formula is C18H30. The molecule has 0 N–H and O–H groups in total. The van der Waals surface area contributed by atoms with E-state index >= 15 is 0 Å². The minimum Gasteiger partial charge on any atom is -0.0800 e. The lowest BCUT2D eigenvalue weighted by Gasteiger charge is -2.52. The molecule has 0 saturated heterocycles. The number of allylic oxidation sites excluding steroid dienone is 4. The number of fused-ring (bicyclic) bond motifs is 1. The largest absolute Gasteiger partial charge is 0.0800 e. The highest BCUT2D eigenvalue weighted by molar-refractivity contribution is 5.32. The highest BCUT2D eigenvalue weighted by atomic mass is 14.5. The first kappa shape index (κ1) is 13.9. The predicted octanol–water partition coefficient (Wildman–Crippen LogP) is 5.61. The minimum absolute atomic E-state index is 0.277. The second kappa shape index (κ2) is 3.99. The van der Waals surface area contributed by atoms with Crippen molar-refractivity contribution in [3.63, 3.8) is 0 Å². The van der Waals surface area contributed by atoms with Gasteiger partial charge in [0.25, 0.3) is 0 Å². The van der Waals surface area contributed by atoms with Gasteiger partial charge in [0.15, 0.2) is 0 Å². The average Bonchev–Trinajstić information content (AvgIpc) is 2.23. The van der Waals surface area contributed by atoms with E-state index in [1.807, 2.05) is 0 Å². The maximum atomic E-state index is 2.59. The summed E-state index contributed by atoms with van der Waals surface area (Å²) in [4.78, 5) is 0. The summed E-state index contributed by atoms with van der Waals surface area (Å²) in [6, 6.07) is 0. The molecule has 0 amide bonds. The van der Waals surface area contributed by atoms with Crippen molar-refractivity contribution in [3.05, 3.63) is 23.8 Å². The number of rotatable bonds is 0. The first-order valence-electron chi connectivity index (χ1n) is 7.45. The van der Waals surface area contributed by atoms with Crippen LogP contribution in [-0.4, -0.2) is 0 Å². The van der Waals surface area contributed by atoms with Gasteiger partial charge in [0, 0.05) is 0 Å². The normalized spacial score (nSPS) is 33.8. The zero-order chi connectivity index (χ0) is 13.8. The van der Waals surface area contributed by atoms with E-state index in [9.17, 15) is 0 Å². The summed E-state index contributed by atoms with van der Waals surface area (Å²) in [5.74, 6) is 1.42. The first-order valence-corrected chi connectivity index (χ1v) is 7.45. The van der Waals surface area contributed by atoms with Crippen LogP contribution in [0.4, 0.5) is 0 Å². The smallest absolute Gasteiger partial charge is 0.0108 e. The van der Waals surface area contributed by atoms with Crippen LogP contribution in [0.25, 0.3) is 0 Å². The van der Waals surface area contributed by atoms with Gasteiger partial charge < -0.3 is 0 Å². The molecule has 0 nitrogen and oxygen atoms in total. The van der Waals surface area contributed by atoms with Crippen LogP contribution in [-0.2, 0) is 0 Å². The number of hydrogen-bond acceptors (Lipinski definition) is 0. The van der Waals surface area contributed by atoms with Crippen LogP contribution in [0.2, 0.25) is 0 Å². The third-order valence-corrected chi connectivity index (χ3v) is 5.31. The second-order valence-corrected chi connectivity index (χ2v) is 8.76. The highest BCUT2D eigenvalue weighted by Gasteiger charge is 2.46. The fraction of sp³-hybridized carbons (Fsp3) is 0.778. The molecule has 2 rings (SSSR count). The highest BCUT2D eigenvalue weighted by Crippen LogP contribution is 2.55. The van der Waals surface area contributed by atoms with Gasteiger partial charge in [-0.1, -0.05) is 66.7 Å². The van der Waals surface area contributed by atoms with E-state index in [4.69, 9.17) is 0 Å². The summed E-state index contributed by atoms with van der Waals surface area (Å²) in [5.41, 5.74) is 2.70. The summed E-state index contributed by atoms with van der Waals surface area (Å²) < 4.78 is 0. The van der Waals surface area contributed by atoms with Gasteiger partial charge in [-0.3, -0.25) is 0 Å². The molecule has 1 fully saturated rings. The monoisotopic (exact) mass is 246 g/mol. The molecule has 0 heteroatoms. The fourth-order valence-electron chi connectivity index (χ4n) is 3.62. The summed E-state index contributed by atoms with van der Waals surface area (Å²) >= 11 is 0. The Morgan fingerprint density at radius 1 is 0.944 bits per heavy atom. The third-order valence-electron chi connectivity index (χ3n) is 5.31. The van der Waals surface area contributed by atoms with Gasteiger partial charge in [-0.15, -0.1) is 0 Å². The zero-order valence-corrected chi connectivity index (χ0v) is 13.3. The minimum atomic E-state index is 0.277. The molecule has 2 atom stereocenters. The van der Waals surface area contributed by atoms with E-state index in [1.54, 1.807) is 0 Å². The number of hydrogen-bond donors (Lipinski definition) is 0. The van der Waals surface area contributed by atoms with E-state index in [1.165, 1.54) is 18.4 Å². The van der Waals surface area contributed by atoms with Gasteiger partial charge in [0.05, 0.1) is 0 Å². The van der Waals surface area contributed by atoms with E-state index in [-0.39, 0.29) is 5.41 Å². The predicted molar refractivity (Wildman–Crippen MR) is 80.5 cm³/mol. The Balaban J connectivity index is 2.40. The molecule has 2 aliphatic rings. The van der Waals surface area contributed by atoms with E-state index in [0.717, 1.165) is 0 Å². The van der Waals surface area contributed by atoms with Crippen molar-refractivity contribution in [2.75, 3.05) is 0 Å². The van der Waals surface area contributed by atoms with Crippen molar-refractivity contribution < 1.29 is 0 Å². The maximum absolute atomic E-state index is 2.59. The van der Waals surface area contributed by atoms with Crippen molar-refractivity contribution in [1.29, 1.82) is 0 Å². The van der Waals surface area contributed by atoms with E-state index < -0.39 is 0 Å². The fourth-order valence-corrected chi connectivity index (χ4v) is 3.62. The Labute approximate surface area is 114 Å². The van der Waals surface area contributed by atoms with Crippen LogP contribution >= 0.6 is 0 Å². The molecule has 0 aliphatic heterocycles. The lowest BCUT2D eigenvalue weighted by molar-refractivity contribution is 0.0319. The summed E-state index contributed by atoms with van der Waals surface area (Å²) in [6.45, 7) is 16.8. The molecule has 0 heterocycles. The van der Waals surface area contributed by atoms with Crippen molar-refractivity contribution in [2.45, 2.75) is 61.3 Å². The van der Waals surface area contributed by atoms with E-state index in [2.05, 4.69) is 66.7 Å². The summed E-state index contributed by atoms with van der Waals surface area (Å²) in [6.07, 6.45) is 10.2. The quantitative estimate of drug-likeness (QED) is 0.521. The maximum Gasteiger partial charge on any atom is -0.0108 e. The molecular weight excluding hydrogens is 216 g/mol. The van der Waals surface area contributed by atoms with Crippen LogP contribution in [0.3, 0.4) is 0 Å². The first-order chi connectivity index (χ1) is 8.04. The van der Waals surface area contributed by atoms with Crippen molar-refractivity contribution in [1.82, 2.24) is 0 Å². The molecule has 0 spiro atoms. The van der Waals surface area contributed by atoms with Gasteiger partial charge in [0.2, 0.25) is 0 Å². The molecule has 0 radical (unpaired) electrons.